The number of aromatic nitrogens is 1. The van der Waals surface area contributed by atoms with Gasteiger partial charge in [-0.25, -0.2) is 4.98 Å². The molecule has 2 aromatic rings. The summed E-state index contributed by atoms with van der Waals surface area (Å²) < 4.78 is 22.3. The Kier molecular flexibility index (Phi) is 16.1. The largest absolute Gasteiger partial charge is 0.394 e. The fourth-order valence-electron chi connectivity index (χ4n) is 2.13. The van der Waals surface area contributed by atoms with Gasteiger partial charge in [0.1, 0.15) is 0 Å². The van der Waals surface area contributed by atoms with Gasteiger partial charge in [0.05, 0.1) is 75.1 Å². The molecule has 2 rings (SSSR count). The first-order valence-electron chi connectivity index (χ1n) is 9.57. The van der Waals surface area contributed by atoms with Crippen LogP contribution >= 0.6 is 27.3 Å². The molecule has 11 heteroatoms. The van der Waals surface area contributed by atoms with Crippen molar-refractivity contribution in [3.8, 4) is 0 Å². The van der Waals surface area contributed by atoms with E-state index in [2.05, 4.69) is 36.5 Å². The number of ether oxygens (including phenoxy) is 4. The highest BCUT2D eigenvalue weighted by Gasteiger charge is 1.98. The summed E-state index contributed by atoms with van der Waals surface area (Å²) in [6, 6.07) is 7.68. The molecule has 0 saturated heterocycles. The number of thiazole rings is 1. The van der Waals surface area contributed by atoms with Crippen molar-refractivity contribution in [2.75, 3.05) is 71.3 Å². The maximum absolute atomic E-state index is 8.55. The molecule has 174 valence electrons. The molecular weight excluding hydrogens is 488 g/mol. The van der Waals surface area contributed by atoms with Crippen molar-refractivity contribution in [1.29, 1.82) is 0 Å². The minimum Gasteiger partial charge on any atom is -0.394 e. The van der Waals surface area contributed by atoms with Crippen molar-refractivity contribution < 1.29 is 24.1 Å². The second-order valence-corrected chi connectivity index (χ2v) is 8.18. The third-order valence-corrected chi connectivity index (χ3v) is 4.87. The Morgan fingerprint density at radius 3 is 2.00 bits per heavy atom. The first-order chi connectivity index (χ1) is 14.8. The molecule has 9 nitrogen and oxygen atoms in total. The molecule has 0 fully saturated rings. The summed E-state index contributed by atoms with van der Waals surface area (Å²) >= 11 is 4.78. The Labute approximate surface area is 195 Å². The zero-order chi connectivity index (χ0) is 21.3. The number of aliphatic hydroxyl groups excluding tert-OH is 1. The second kappa shape index (κ2) is 18.1. The molecule has 0 amide bonds. The summed E-state index contributed by atoms with van der Waals surface area (Å²) in [5.41, 5.74) is 1.76. The van der Waals surface area contributed by atoms with Crippen LogP contribution in [0.1, 0.15) is 7.43 Å². The molecule has 1 heterocycles. The lowest BCUT2D eigenvalue weighted by Gasteiger charge is -2.08. The van der Waals surface area contributed by atoms with Crippen LogP contribution in [0.15, 0.2) is 44.5 Å². The van der Waals surface area contributed by atoms with E-state index in [1.807, 2.05) is 24.3 Å². The third kappa shape index (κ3) is 13.5. The highest BCUT2D eigenvalue weighted by Crippen LogP contribution is 2.27. The molecule has 0 aliphatic carbocycles. The average molecular weight is 519 g/mol. The van der Waals surface area contributed by atoms with Gasteiger partial charge in [0.2, 0.25) is 5.13 Å². The summed E-state index contributed by atoms with van der Waals surface area (Å²) in [6.45, 7) is 4.74. The van der Waals surface area contributed by atoms with Crippen molar-refractivity contribution in [3.63, 3.8) is 0 Å². The normalized spacial score (nSPS) is 11.0. The molecule has 0 unspecified atom stereocenters. The van der Waals surface area contributed by atoms with Crippen molar-refractivity contribution in [2.24, 2.45) is 10.2 Å². The number of aliphatic hydroxyl groups is 1. The first-order valence-corrected chi connectivity index (χ1v) is 11.2. The number of rotatable bonds is 17. The average Bonchev–Trinajstić information content (AvgIpc) is 3.18. The lowest BCUT2D eigenvalue weighted by atomic mass is 10.3. The molecule has 31 heavy (non-hydrogen) atoms. The monoisotopic (exact) mass is 518 g/mol. The Bertz CT molecular complexity index is 718. The quantitative estimate of drug-likeness (QED) is 0.235. The van der Waals surface area contributed by atoms with E-state index in [9.17, 15) is 0 Å². The molecule has 2 N–H and O–H groups in total. The van der Waals surface area contributed by atoms with Gasteiger partial charge in [0.25, 0.3) is 0 Å². The molecule has 0 saturated carbocycles. The zero-order valence-corrected chi connectivity index (χ0v) is 19.1. The van der Waals surface area contributed by atoms with Gasteiger partial charge < -0.3 is 29.4 Å². The van der Waals surface area contributed by atoms with E-state index in [-0.39, 0.29) is 14.0 Å². The Morgan fingerprint density at radius 2 is 1.45 bits per heavy atom. The SMILES string of the molecule is C.OCCOCCOCCOCCOCCNc1ccc(N=Nc2ncc(Br)s2)cc1. The summed E-state index contributed by atoms with van der Waals surface area (Å²) in [5.74, 6) is 0. The van der Waals surface area contributed by atoms with Crippen LogP contribution in [0.3, 0.4) is 0 Å². The summed E-state index contributed by atoms with van der Waals surface area (Å²) in [4.78, 5) is 4.11. The zero-order valence-electron chi connectivity index (χ0n) is 16.7. The molecule has 1 aromatic carbocycles. The topological polar surface area (TPSA) is 107 Å². The van der Waals surface area contributed by atoms with E-state index in [4.69, 9.17) is 24.1 Å². The minimum atomic E-state index is 0. The number of nitrogens with zero attached hydrogens (tertiary/aromatic N) is 3. The van der Waals surface area contributed by atoms with Crippen LogP contribution in [0.2, 0.25) is 0 Å². The number of anilines is 1. The van der Waals surface area contributed by atoms with E-state index >= 15 is 0 Å². The van der Waals surface area contributed by atoms with Gasteiger partial charge in [-0.15, -0.1) is 10.2 Å². The Hall–Kier alpha value is -1.47. The second-order valence-electron chi connectivity index (χ2n) is 5.79. The van der Waals surface area contributed by atoms with Crippen molar-refractivity contribution in [2.45, 2.75) is 7.43 Å². The highest BCUT2D eigenvalue weighted by atomic mass is 79.9. The summed E-state index contributed by atoms with van der Waals surface area (Å²) in [6.07, 6.45) is 1.70. The summed E-state index contributed by atoms with van der Waals surface area (Å²) in [5, 5.41) is 20.7. The van der Waals surface area contributed by atoms with Gasteiger partial charge in [0, 0.05) is 12.2 Å². The number of halogens is 1. The number of hydrogen-bond acceptors (Lipinski definition) is 10. The maximum Gasteiger partial charge on any atom is 0.230 e. The van der Waals surface area contributed by atoms with Gasteiger partial charge in [-0.1, -0.05) is 18.8 Å². The molecule has 0 aliphatic heterocycles. The van der Waals surface area contributed by atoms with E-state index in [1.165, 1.54) is 11.3 Å². The van der Waals surface area contributed by atoms with Crippen molar-refractivity contribution >= 4 is 43.8 Å². The molecule has 0 atom stereocenters. The number of hydrogen-bond donors (Lipinski definition) is 2. The van der Waals surface area contributed by atoms with Crippen LogP contribution in [0.25, 0.3) is 0 Å². The molecular formula is C20H31BrN4O5S. The minimum absolute atomic E-state index is 0. The van der Waals surface area contributed by atoms with Gasteiger partial charge in [-0.2, -0.15) is 0 Å². The third-order valence-electron chi connectivity index (χ3n) is 3.51. The smallest absolute Gasteiger partial charge is 0.230 e. The molecule has 1 aromatic heterocycles. The molecule has 0 spiro atoms. The van der Waals surface area contributed by atoms with Gasteiger partial charge in [0.15, 0.2) is 0 Å². The van der Waals surface area contributed by atoms with Crippen LogP contribution in [-0.4, -0.2) is 76.1 Å². The fraction of sp³-hybridized carbons (Fsp3) is 0.550. The highest BCUT2D eigenvalue weighted by molar-refractivity contribution is 9.11. The van der Waals surface area contributed by atoms with Gasteiger partial charge in [-0.3, -0.25) is 0 Å². The Morgan fingerprint density at radius 1 is 0.871 bits per heavy atom. The standard InChI is InChI=1S/C19H27BrN4O5S.CH4/c20-18-15-22-19(30-18)24-23-17-3-1-16(2-4-17)21-5-7-26-9-11-28-13-14-29-12-10-27-8-6-25;/h1-4,15,21,25H,5-14H2;1H4. The molecule has 0 bridgehead atoms. The van der Waals surface area contributed by atoms with Crippen LogP contribution in [0, 0.1) is 0 Å². The number of azo groups is 1. The van der Waals surface area contributed by atoms with Crippen LogP contribution in [0.5, 0.6) is 0 Å². The Balaban J connectivity index is 0.00000480. The lowest BCUT2D eigenvalue weighted by molar-refractivity contribution is -0.00463. The predicted octanol–water partition coefficient (Wildman–Crippen LogP) is 4.43. The maximum atomic E-state index is 8.55. The van der Waals surface area contributed by atoms with Crippen molar-refractivity contribution in [3.05, 3.63) is 34.2 Å². The van der Waals surface area contributed by atoms with Crippen molar-refractivity contribution in [1.82, 2.24) is 4.98 Å². The summed E-state index contributed by atoms with van der Waals surface area (Å²) in [7, 11) is 0. The van der Waals surface area contributed by atoms with Gasteiger partial charge in [-0.05, 0) is 40.2 Å². The lowest BCUT2D eigenvalue weighted by Crippen LogP contribution is -2.14. The van der Waals surface area contributed by atoms with E-state index in [0.29, 0.717) is 64.5 Å². The van der Waals surface area contributed by atoms with Crippen LogP contribution in [0.4, 0.5) is 16.5 Å². The fourth-order valence-corrected chi connectivity index (χ4v) is 3.14. The van der Waals surface area contributed by atoms with E-state index in [0.717, 1.165) is 15.2 Å². The number of nitrogens with one attached hydrogen (secondary N) is 1. The molecule has 0 aliphatic rings. The van der Waals surface area contributed by atoms with Crippen LogP contribution < -0.4 is 5.32 Å². The van der Waals surface area contributed by atoms with E-state index in [1.54, 1.807) is 6.20 Å². The number of benzene rings is 1. The predicted molar refractivity (Wildman–Crippen MR) is 126 cm³/mol. The molecule has 0 radical (unpaired) electrons. The van der Waals surface area contributed by atoms with Gasteiger partial charge >= 0.3 is 0 Å². The first kappa shape index (κ1) is 27.6. The van der Waals surface area contributed by atoms with E-state index < -0.39 is 0 Å². The van der Waals surface area contributed by atoms with Crippen LogP contribution in [-0.2, 0) is 18.9 Å².